The van der Waals surface area contributed by atoms with E-state index in [0.717, 1.165) is 6.92 Å². The summed E-state index contributed by atoms with van der Waals surface area (Å²) in [7, 11) is 0. The van der Waals surface area contributed by atoms with E-state index in [2.05, 4.69) is 0 Å². The number of hydrogen-bond donors (Lipinski definition) is 0. The van der Waals surface area contributed by atoms with E-state index in [0.29, 0.717) is 0 Å². The van der Waals surface area contributed by atoms with Crippen LogP contribution in [0.2, 0.25) is 0 Å². The first-order valence-electron chi connectivity index (χ1n) is 19.3. The highest BCUT2D eigenvalue weighted by molar-refractivity contribution is 5.93. The third kappa shape index (κ3) is 6.96. The largest absolute Gasteiger partial charge is 0.206 e. The second-order valence-electron chi connectivity index (χ2n) is 15.2. The zero-order valence-electron chi connectivity index (χ0n) is 34.7. The maximum Gasteiger partial charge on any atom is 0.198 e. The van der Waals surface area contributed by atoms with Crippen LogP contribution in [0.1, 0.15) is 12.5 Å². The van der Waals surface area contributed by atoms with E-state index in [4.69, 9.17) is 0 Å². The lowest BCUT2D eigenvalue weighted by molar-refractivity contribution is 0.412. The Kier molecular flexibility index (Phi) is 12.8. The summed E-state index contributed by atoms with van der Waals surface area (Å²) in [5.41, 5.74) is -31.4. The van der Waals surface area contributed by atoms with Crippen molar-refractivity contribution in [2.24, 2.45) is 0 Å². The zero-order chi connectivity index (χ0) is 56.1. The lowest BCUT2D eigenvalue weighted by Gasteiger charge is -2.19. The van der Waals surface area contributed by atoms with E-state index in [1.807, 2.05) is 0 Å². The second kappa shape index (κ2) is 18.0. The van der Waals surface area contributed by atoms with E-state index in [-0.39, 0.29) is 0 Å². The molecule has 8 aromatic rings. The minimum absolute atomic E-state index is 0.842. The number of halogens is 29. The minimum atomic E-state index is -3.54. The molecule has 75 heavy (non-hydrogen) atoms. The van der Waals surface area contributed by atoms with E-state index in [9.17, 15) is 35.1 Å². The van der Waals surface area contributed by atoms with Gasteiger partial charge in [0.05, 0.1) is 77.2 Å². The van der Waals surface area contributed by atoms with Crippen LogP contribution in [0.5, 0.6) is 0 Å². The lowest BCUT2D eigenvalue weighted by atomic mass is 9.90. The maximum atomic E-state index is 15.7. The normalized spacial score (nSPS) is 11.9. The van der Waals surface area contributed by atoms with Crippen LogP contribution >= 0.6 is 0 Å². The maximum absolute atomic E-state index is 15.7. The molecule has 0 aliphatic carbocycles. The van der Waals surface area contributed by atoms with Crippen LogP contribution in [0.4, 0.5) is 127 Å². The van der Waals surface area contributed by atoms with Gasteiger partial charge in [0.15, 0.2) is 151 Å². The summed E-state index contributed by atoms with van der Waals surface area (Å²) in [6, 6.07) is 0. The Hall–Kier alpha value is -7.75. The number of rotatable bonds is 6. The van der Waals surface area contributed by atoms with Crippen LogP contribution in [0.15, 0.2) is 0 Å². The fraction of sp³-hybridized carbons (Fsp3) is 0.0435. The standard InChI is InChI=1S/C46H5F29/c1-2-3-18(47)4-5(22(51)19(3)48)20(49)6(24(53)23(4)52)9-26(55)31(60)12(32(61)27(9)56)14-35(64)39(68)16(40(69)36(14)65)17-41(70)37(66)15(38(67)42(17)71)13-33(62)28(57)10(29(58)34(13)63)7-21(50)8-11(30(59)25(7)54)44(73)46(75)45(74)43(8)72/h2H2,1H3. The monoisotopic (exact) mass is 1110 g/mol. The molecular formula is C46H5F29. The molecule has 0 aliphatic heterocycles. The van der Waals surface area contributed by atoms with Gasteiger partial charge in [-0.1, -0.05) is 6.92 Å². The van der Waals surface area contributed by atoms with Gasteiger partial charge >= 0.3 is 0 Å². The molecule has 0 fully saturated rings. The molecule has 0 bridgehead atoms. The van der Waals surface area contributed by atoms with Crippen molar-refractivity contribution in [1.82, 2.24) is 0 Å². The van der Waals surface area contributed by atoms with E-state index in [1.165, 1.54) is 0 Å². The van der Waals surface area contributed by atoms with Crippen molar-refractivity contribution in [1.29, 1.82) is 0 Å². The van der Waals surface area contributed by atoms with E-state index >= 15 is 92.2 Å². The number of hydrogen-bond acceptors (Lipinski definition) is 0. The highest BCUT2D eigenvalue weighted by atomic mass is 19.2. The molecule has 0 amide bonds. The Balaban J connectivity index is 1.32. The summed E-state index contributed by atoms with van der Waals surface area (Å²) >= 11 is 0. The van der Waals surface area contributed by atoms with Gasteiger partial charge in [-0.25, -0.2) is 127 Å². The Morgan fingerprint density at radius 2 is 0.280 bits per heavy atom. The molecule has 0 saturated heterocycles. The minimum Gasteiger partial charge on any atom is -0.206 e. The number of fused-ring (bicyclic) bond motifs is 2. The predicted molar refractivity (Wildman–Crippen MR) is 197 cm³/mol. The van der Waals surface area contributed by atoms with Crippen LogP contribution in [0, 0.1) is 169 Å². The predicted octanol–water partition coefficient (Wildman–Crippen LogP) is 16.9. The molecule has 0 atom stereocenters. The summed E-state index contributed by atoms with van der Waals surface area (Å²) in [5, 5.41) is -9.38. The molecule has 8 rings (SSSR count). The average molecular weight is 1110 g/mol. The summed E-state index contributed by atoms with van der Waals surface area (Å²) in [6.45, 7) is 0.913. The third-order valence-corrected chi connectivity index (χ3v) is 11.5. The molecule has 0 spiro atoms. The van der Waals surface area contributed by atoms with Gasteiger partial charge in [0.1, 0.15) is 17.5 Å². The topological polar surface area (TPSA) is 0 Å². The van der Waals surface area contributed by atoms with Gasteiger partial charge in [-0.2, -0.15) is 0 Å². The van der Waals surface area contributed by atoms with Gasteiger partial charge in [-0.3, -0.25) is 0 Å². The molecule has 0 heterocycles. The van der Waals surface area contributed by atoms with Crippen LogP contribution in [-0.2, 0) is 6.42 Å². The summed E-state index contributed by atoms with van der Waals surface area (Å²) in [6.07, 6.45) is -0.842. The van der Waals surface area contributed by atoms with Crippen LogP contribution in [-0.4, -0.2) is 0 Å². The molecular weight excluding hydrogens is 1100 g/mol. The first kappa shape index (κ1) is 53.5. The quantitative estimate of drug-likeness (QED) is 0.0884. The molecule has 0 unspecified atom stereocenters. The summed E-state index contributed by atoms with van der Waals surface area (Å²) in [4.78, 5) is 0. The Bertz CT molecular complexity index is 3850. The number of benzene rings is 8. The zero-order valence-corrected chi connectivity index (χ0v) is 34.7. The molecule has 392 valence electrons. The summed E-state index contributed by atoms with van der Waals surface area (Å²) < 4.78 is 442. The molecule has 0 nitrogen and oxygen atoms in total. The second-order valence-corrected chi connectivity index (χ2v) is 15.2. The smallest absolute Gasteiger partial charge is 0.198 e. The molecule has 0 saturated carbocycles. The van der Waals surface area contributed by atoms with Crippen LogP contribution < -0.4 is 0 Å². The van der Waals surface area contributed by atoms with Crippen molar-refractivity contribution in [3.05, 3.63) is 174 Å². The average Bonchev–Trinajstić information content (AvgIpc) is 3.36. The molecule has 0 radical (unpaired) electrons. The van der Waals surface area contributed by atoms with Gasteiger partial charge in [-0.05, 0) is 6.42 Å². The fourth-order valence-electron chi connectivity index (χ4n) is 8.08. The highest BCUT2D eigenvalue weighted by Gasteiger charge is 2.43. The first-order valence-corrected chi connectivity index (χ1v) is 19.3. The van der Waals surface area contributed by atoms with Crippen LogP contribution in [0.3, 0.4) is 0 Å². The molecule has 0 aliphatic rings. The fourth-order valence-corrected chi connectivity index (χ4v) is 8.08. The van der Waals surface area contributed by atoms with E-state index in [1.54, 1.807) is 0 Å². The van der Waals surface area contributed by atoms with Crippen molar-refractivity contribution < 1.29 is 127 Å². The Morgan fingerprint density at radius 3 is 0.480 bits per heavy atom. The van der Waals surface area contributed by atoms with Crippen molar-refractivity contribution in [3.8, 4) is 55.6 Å². The molecule has 8 aromatic carbocycles. The van der Waals surface area contributed by atoms with Gasteiger partial charge in [0.2, 0.25) is 0 Å². The van der Waals surface area contributed by atoms with Crippen molar-refractivity contribution in [3.63, 3.8) is 0 Å². The van der Waals surface area contributed by atoms with Crippen molar-refractivity contribution >= 4 is 21.5 Å². The third-order valence-electron chi connectivity index (χ3n) is 11.5. The molecule has 0 aromatic heterocycles. The Morgan fingerprint density at radius 1 is 0.147 bits per heavy atom. The van der Waals surface area contributed by atoms with Gasteiger partial charge in [0.25, 0.3) is 0 Å². The SMILES string of the molecule is CCc1c(F)c(F)c2c(F)c(-c3c(F)c(F)c(-c4c(F)c(F)c(-c5c(F)c(F)c(-c6c(F)c(F)c(-c7c(F)c(F)c8c(F)c(F)c(F)c(F)c8c7F)c(F)c6F)c(F)c5F)c(F)c4F)c(F)c3F)c(F)c(F)c2c1F. The Labute approximate surface area is 392 Å². The van der Waals surface area contributed by atoms with Crippen molar-refractivity contribution in [2.75, 3.05) is 0 Å². The highest BCUT2D eigenvalue weighted by Crippen LogP contribution is 2.49. The lowest BCUT2D eigenvalue weighted by Crippen LogP contribution is -2.13. The van der Waals surface area contributed by atoms with Gasteiger partial charge < -0.3 is 0 Å². The first-order chi connectivity index (χ1) is 34.9. The van der Waals surface area contributed by atoms with Gasteiger partial charge in [-0.15, -0.1) is 0 Å². The van der Waals surface area contributed by atoms with Crippen molar-refractivity contribution in [2.45, 2.75) is 13.3 Å². The molecule has 0 N–H and O–H groups in total. The van der Waals surface area contributed by atoms with Gasteiger partial charge in [0, 0.05) is 5.56 Å². The summed E-state index contributed by atoms with van der Waals surface area (Å²) in [5.74, 6) is -92.6. The van der Waals surface area contributed by atoms with E-state index < -0.39 is 258 Å². The molecule has 29 heteroatoms. The van der Waals surface area contributed by atoms with Crippen LogP contribution in [0.25, 0.3) is 77.2 Å².